The summed E-state index contributed by atoms with van der Waals surface area (Å²) in [5.74, 6) is -3.92. The van der Waals surface area contributed by atoms with Gasteiger partial charge in [0.05, 0.1) is 0 Å². The second-order valence-corrected chi connectivity index (χ2v) is 6.76. The fourth-order valence-corrected chi connectivity index (χ4v) is 4.37. The van der Waals surface area contributed by atoms with Crippen molar-refractivity contribution in [2.24, 2.45) is 17.8 Å². The van der Waals surface area contributed by atoms with Crippen molar-refractivity contribution in [2.75, 3.05) is 6.54 Å². The molecule has 2 saturated carbocycles. The Labute approximate surface area is 122 Å². The van der Waals surface area contributed by atoms with Crippen LogP contribution in [-0.4, -0.2) is 40.4 Å². The summed E-state index contributed by atoms with van der Waals surface area (Å²) in [5, 5.41) is 9.45. The number of alkyl halides is 2. The zero-order chi connectivity index (χ0) is 15.2. The molecular formula is C15H21F2NO3. The van der Waals surface area contributed by atoms with Gasteiger partial charge in [0.25, 0.3) is 0 Å². The van der Waals surface area contributed by atoms with Gasteiger partial charge in [0.15, 0.2) is 0 Å². The molecule has 118 valence electrons. The number of carboxylic acid groups (broad SMARTS) is 1. The molecule has 1 saturated heterocycles. The molecule has 0 unspecified atom stereocenters. The van der Waals surface area contributed by atoms with E-state index in [1.54, 1.807) is 0 Å². The van der Waals surface area contributed by atoms with Crippen molar-refractivity contribution in [3.8, 4) is 0 Å². The predicted octanol–water partition coefficient (Wildman–Crippen LogP) is 2.52. The van der Waals surface area contributed by atoms with Crippen LogP contribution in [0.3, 0.4) is 0 Å². The second-order valence-electron chi connectivity index (χ2n) is 6.76. The number of nitrogens with zero attached hydrogens (tertiary/aromatic N) is 1. The lowest BCUT2D eigenvalue weighted by molar-refractivity contribution is -0.153. The van der Waals surface area contributed by atoms with Crippen LogP contribution in [0.25, 0.3) is 0 Å². The summed E-state index contributed by atoms with van der Waals surface area (Å²) in [6.07, 6.45) is 2.67. The summed E-state index contributed by atoms with van der Waals surface area (Å²) in [6, 6.07) is -0.743. The summed E-state index contributed by atoms with van der Waals surface area (Å²) in [5.41, 5.74) is 0. The Hall–Kier alpha value is -1.20. The Morgan fingerprint density at radius 2 is 1.76 bits per heavy atom. The van der Waals surface area contributed by atoms with Gasteiger partial charge >= 0.3 is 5.97 Å². The first kappa shape index (κ1) is 14.7. The molecule has 4 nitrogen and oxygen atoms in total. The van der Waals surface area contributed by atoms with E-state index in [1.807, 2.05) is 0 Å². The molecule has 3 fully saturated rings. The fraction of sp³-hybridized carbons (Fsp3) is 0.867. The highest BCUT2D eigenvalue weighted by atomic mass is 19.3. The van der Waals surface area contributed by atoms with E-state index in [0.717, 1.165) is 19.3 Å². The van der Waals surface area contributed by atoms with Gasteiger partial charge in [0, 0.05) is 25.3 Å². The molecule has 3 rings (SSSR count). The molecule has 1 N–H and O–H groups in total. The Balaban J connectivity index is 1.71. The van der Waals surface area contributed by atoms with Crippen LogP contribution in [-0.2, 0) is 9.59 Å². The number of aliphatic carboxylic acids is 1. The molecule has 1 heterocycles. The minimum atomic E-state index is -2.66. The van der Waals surface area contributed by atoms with E-state index in [-0.39, 0.29) is 43.4 Å². The monoisotopic (exact) mass is 301 g/mol. The third-order valence-electron chi connectivity index (χ3n) is 5.49. The van der Waals surface area contributed by atoms with Gasteiger partial charge < -0.3 is 10.0 Å². The molecule has 3 aliphatic rings. The summed E-state index contributed by atoms with van der Waals surface area (Å²) < 4.78 is 26.4. The van der Waals surface area contributed by atoms with E-state index in [9.17, 15) is 23.5 Å². The van der Waals surface area contributed by atoms with E-state index in [2.05, 4.69) is 0 Å². The Kier molecular flexibility index (Phi) is 3.66. The lowest BCUT2D eigenvalue weighted by Gasteiger charge is -2.32. The van der Waals surface area contributed by atoms with Gasteiger partial charge in [-0.2, -0.15) is 0 Å². The first-order valence-electron chi connectivity index (χ1n) is 7.80. The van der Waals surface area contributed by atoms with E-state index < -0.39 is 23.9 Å². The summed E-state index contributed by atoms with van der Waals surface area (Å²) in [6.45, 7) is 0.493. The number of amides is 1. The van der Waals surface area contributed by atoms with Crippen LogP contribution < -0.4 is 0 Å². The second kappa shape index (κ2) is 5.21. The van der Waals surface area contributed by atoms with E-state index in [0.29, 0.717) is 6.54 Å². The largest absolute Gasteiger partial charge is 0.480 e. The maximum Gasteiger partial charge on any atom is 0.326 e. The molecule has 3 atom stereocenters. The number of carbonyl (C=O) groups excluding carboxylic acids is 1. The Bertz CT molecular complexity index is 444. The third kappa shape index (κ3) is 2.64. The summed E-state index contributed by atoms with van der Waals surface area (Å²) in [4.78, 5) is 25.6. The number of likely N-dealkylation sites (tertiary alicyclic amines) is 1. The smallest absolute Gasteiger partial charge is 0.326 e. The van der Waals surface area contributed by atoms with Crippen molar-refractivity contribution in [3.05, 3.63) is 0 Å². The molecule has 0 spiro atoms. The van der Waals surface area contributed by atoms with Crippen LogP contribution in [0, 0.1) is 17.8 Å². The molecule has 1 aliphatic heterocycles. The maximum absolute atomic E-state index is 13.2. The fourth-order valence-electron chi connectivity index (χ4n) is 4.37. The number of carbonyl (C=O) groups is 2. The van der Waals surface area contributed by atoms with E-state index in [4.69, 9.17) is 0 Å². The minimum absolute atomic E-state index is 0.0523. The molecule has 0 radical (unpaired) electrons. The Morgan fingerprint density at radius 1 is 1.10 bits per heavy atom. The molecule has 2 aliphatic carbocycles. The van der Waals surface area contributed by atoms with Crippen LogP contribution in [0.2, 0.25) is 0 Å². The molecular weight excluding hydrogens is 280 g/mol. The van der Waals surface area contributed by atoms with Crippen LogP contribution in [0.1, 0.15) is 44.9 Å². The van der Waals surface area contributed by atoms with Gasteiger partial charge in [-0.05, 0) is 37.5 Å². The van der Waals surface area contributed by atoms with Gasteiger partial charge in [0.1, 0.15) is 6.04 Å². The molecule has 0 bridgehead atoms. The number of halogens is 2. The van der Waals surface area contributed by atoms with Crippen LogP contribution >= 0.6 is 0 Å². The highest BCUT2D eigenvalue weighted by molar-refractivity contribution is 5.86. The standard InChI is InChI=1S/C15H21F2NO3/c16-15(17)6-4-9(5-7-15)13(19)18-8-10-2-1-3-11(10)12(18)14(20)21/h9-12H,1-8H2,(H,20,21)/t10-,11-,12-/m0/s1. The third-order valence-corrected chi connectivity index (χ3v) is 5.49. The van der Waals surface area contributed by atoms with Gasteiger partial charge in [0.2, 0.25) is 11.8 Å². The first-order valence-corrected chi connectivity index (χ1v) is 7.80. The zero-order valence-electron chi connectivity index (χ0n) is 11.9. The van der Waals surface area contributed by atoms with Crippen LogP contribution in [0.4, 0.5) is 8.78 Å². The highest BCUT2D eigenvalue weighted by Crippen LogP contribution is 2.44. The Morgan fingerprint density at radius 3 is 2.38 bits per heavy atom. The average molecular weight is 301 g/mol. The first-order chi connectivity index (χ1) is 9.89. The van der Waals surface area contributed by atoms with Crippen molar-refractivity contribution in [1.29, 1.82) is 0 Å². The quantitative estimate of drug-likeness (QED) is 0.852. The van der Waals surface area contributed by atoms with Crippen molar-refractivity contribution < 1.29 is 23.5 Å². The molecule has 6 heteroatoms. The predicted molar refractivity (Wildman–Crippen MR) is 70.9 cm³/mol. The van der Waals surface area contributed by atoms with Crippen LogP contribution in [0.5, 0.6) is 0 Å². The van der Waals surface area contributed by atoms with Crippen molar-refractivity contribution in [2.45, 2.75) is 56.9 Å². The summed E-state index contributed by atoms with van der Waals surface area (Å²) >= 11 is 0. The van der Waals surface area contributed by atoms with Crippen molar-refractivity contribution >= 4 is 11.9 Å². The van der Waals surface area contributed by atoms with E-state index >= 15 is 0 Å². The normalized spacial score (nSPS) is 35.7. The van der Waals surface area contributed by atoms with Crippen LogP contribution in [0.15, 0.2) is 0 Å². The molecule has 0 aromatic rings. The summed E-state index contributed by atoms with van der Waals surface area (Å²) in [7, 11) is 0. The minimum Gasteiger partial charge on any atom is -0.480 e. The number of hydrogen-bond donors (Lipinski definition) is 1. The van der Waals surface area contributed by atoms with Gasteiger partial charge in [-0.3, -0.25) is 4.79 Å². The lowest BCUT2D eigenvalue weighted by atomic mass is 9.85. The number of carboxylic acids is 1. The number of fused-ring (bicyclic) bond motifs is 1. The SMILES string of the molecule is O=C(O)[C@@H]1[C@H]2CCC[C@H]2CN1C(=O)C1CCC(F)(F)CC1. The lowest BCUT2D eigenvalue weighted by Crippen LogP contribution is -2.47. The zero-order valence-corrected chi connectivity index (χ0v) is 11.9. The highest BCUT2D eigenvalue weighted by Gasteiger charge is 2.51. The molecule has 0 aromatic carbocycles. The van der Waals surface area contributed by atoms with Gasteiger partial charge in [-0.15, -0.1) is 0 Å². The van der Waals surface area contributed by atoms with Gasteiger partial charge in [-0.25, -0.2) is 13.6 Å². The maximum atomic E-state index is 13.2. The van der Waals surface area contributed by atoms with Gasteiger partial charge in [-0.1, -0.05) is 6.42 Å². The van der Waals surface area contributed by atoms with Crippen molar-refractivity contribution in [3.63, 3.8) is 0 Å². The molecule has 1 amide bonds. The number of rotatable bonds is 2. The van der Waals surface area contributed by atoms with Crippen molar-refractivity contribution in [1.82, 2.24) is 4.90 Å². The number of hydrogen-bond acceptors (Lipinski definition) is 2. The molecule has 0 aromatic heterocycles. The topological polar surface area (TPSA) is 57.6 Å². The average Bonchev–Trinajstić information content (AvgIpc) is 2.96. The van der Waals surface area contributed by atoms with E-state index in [1.165, 1.54) is 4.90 Å². The molecule has 21 heavy (non-hydrogen) atoms.